The maximum Gasteiger partial charge on any atom is 0.146 e. The molecule has 5 aromatic rings. The largest absolute Gasteiger partial charge is 0.301 e. The van der Waals surface area contributed by atoms with E-state index in [-0.39, 0.29) is 0 Å². The highest BCUT2D eigenvalue weighted by Crippen LogP contribution is 2.30. The second kappa shape index (κ2) is 8.68. The van der Waals surface area contributed by atoms with Crippen molar-refractivity contribution in [1.82, 2.24) is 4.57 Å². The van der Waals surface area contributed by atoms with E-state index < -0.39 is 0 Å². The zero-order valence-electron chi connectivity index (χ0n) is 17.1. The second-order valence-electron chi connectivity index (χ2n) is 7.31. The Kier molecular flexibility index (Phi) is 5.27. The number of benzene rings is 4. The van der Waals surface area contributed by atoms with Gasteiger partial charge in [0, 0.05) is 17.4 Å². The summed E-state index contributed by atoms with van der Waals surface area (Å²) >= 11 is 0. The molecule has 0 saturated heterocycles. The van der Waals surface area contributed by atoms with E-state index in [1.807, 2.05) is 48.5 Å². The van der Waals surface area contributed by atoms with Crippen LogP contribution in [-0.4, -0.2) is 4.57 Å². The fourth-order valence-electron chi connectivity index (χ4n) is 3.82. The molecule has 5 rings (SSSR count). The average molecular weight is 399 g/mol. The van der Waals surface area contributed by atoms with Crippen LogP contribution in [0.5, 0.6) is 0 Å². The fourth-order valence-corrected chi connectivity index (χ4v) is 3.82. The summed E-state index contributed by atoms with van der Waals surface area (Å²) in [5.74, 6) is 0. The highest BCUT2D eigenvalue weighted by Gasteiger charge is 2.13. The van der Waals surface area contributed by atoms with E-state index in [9.17, 15) is 0 Å². The summed E-state index contributed by atoms with van der Waals surface area (Å²) < 4.78 is 2.17. The third-order valence-electron chi connectivity index (χ3n) is 5.28. The Hall–Kier alpha value is -4.17. The Bertz CT molecular complexity index is 1340. The van der Waals surface area contributed by atoms with Crippen LogP contribution in [0, 0.1) is 0 Å². The Balaban J connectivity index is 1.91. The van der Waals surface area contributed by atoms with Crippen molar-refractivity contribution >= 4 is 5.69 Å². The molecule has 0 unspecified atom stereocenters. The SMILES string of the molecule is c1ccc(N=c2c(-c3ccccc3)c(-c3ccccc3)ccn2-c2ccccc2)cc1. The molecule has 0 fully saturated rings. The quantitative estimate of drug-likeness (QED) is 0.309. The summed E-state index contributed by atoms with van der Waals surface area (Å²) in [6.45, 7) is 0. The Labute approximate surface area is 182 Å². The van der Waals surface area contributed by atoms with Crippen LogP contribution in [0.15, 0.2) is 139 Å². The number of nitrogens with zero attached hydrogens (tertiary/aromatic N) is 2. The van der Waals surface area contributed by atoms with Crippen LogP contribution in [0.25, 0.3) is 27.9 Å². The minimum atomic E-state index is 0.907. The van der Waals surface area contributed by atoms with E-state index in [1.54, 1.807) is 0 Å². The van der Waals surface area contributed by atoms with E-state index in [4.69, 9.17) is 4.99 Å². The Morgan fingerprint density at radius 1 is 0.484 bits per heavy atom. The first-order valence-corrected chi connectivity index (χ1v) is 10.4. The lowest BCUT2D eigenvalue weighted by molar-refractivity contribution is 0.956. The van der Waals surface area contributed by atoms with Crippen LogP contribution >= 0.6 is 0 Å². The van der Waals surface area contributed by atoms with E-state index in [0.717, 1.165) is 33.6 Å². The van der Waals surface area contributed by atoms with Crippen molar-refractivity contribution in [2.75, 3.05) is 0 Å². The smallest absolute Gasteiger partial charge is 0.146 e. The van der Waals surface area contributed by atoms with Crippen LogP contribution in [0.2, 0.25) is 0 Å². The molecule has 0 bridgehead atoms. The maximum absolute atomic E-state index is 5.14. The molecule has 2 nitrogen and oxygen atoms in total. The minimum absolute atomic E-state index is 0.907. The fraction of sp³-hybridized carbons (Fsp3) is 0. The van der Waals surface area contributed by atoms with Crippen molar-refractivity contribution in [3.05, 3.63) is 139 Å². The van der Waals surface area contributed by atoms with Gasteiger partial charge in [-0.15, -0.1) is 0 Å². The molecule has 4 aromatic carbocycles. The number of aromatic nitrogens is 1. The van der Waals surface area contributed by atoms with Gasteiger partial charge in [-0.05, 0) is 47.0 Å². The first-order valence-electron chi connectivity index (χ1n) is 10.4. The molecule has 0 aliphatic heterocycles. The molecule has 0 spiro atoms. The molecule has 0 radical (unpaired) electrons. The first kappa shape index (κ1) is 18.8. The third-order valence-corrected chi connectivity index (χ3v) is 5.28. The summed E-state index contributed by atoms with van der Waals surface area (Å²) in [7, 11) is 0. The van der Waals surface area contributed by atoms with Gasteiger partial charge in [-0.25, -0.2) is 4.99 Å². The lowest BCUT2D eigenvalue weighted by Gasteiger charge is -2.17. The standard InChI is InChI=1S/C29H22N2/c1-5-13-23(14-6-1)27-21-22-31(26-19-11-4-12-20-26)29(30-25-17-9-3-10-18-25)28(27)24-15-7-2-8-16-24/h1-22H. The molecule has 0 aliphatic carbocycles. The summed E-state index contributed by atoms with van der Waals surface area (Å²) in [5.41, 5.74) is 7.50. The van der Waals surface area contributed by atoms with Crippen LogP contribution in [0.1, 0.15) is 0 Å². The predicted octanol–water partition coefficient (Wildman–Crippen LogP) is 7.04. The van der Waals surface area contributed by atoms with Gasteiger partial charge in [0.2, 0.25) is 0 Å². The summed E-state index contributed by atoms with van der Waals surface area (Å²) in [6.07, 6.45) is 2.12. The molecular weight excluding hydrogens is 376 g/mol. The van der Waals surface area contributed by atoms with E-state index in [0.29, 0.717) is 0 Å². The van der Waals surface area contributed by atoms with Gasteiger partial charge in [0.25, 0.3) is 0 Å². The van der Waals surface area contributed by atoms with Crippen LogP contribution in [0.3, 0.4) is 0 Å². The van der Waals surface area contributed by atoms with Crippen molar-refractivity contribution in [1.29, 1.82) is 0 Å². The van der Waals surface area contributed by atoms with E-state index in [1.165, 1.54) is 5.56 Å². The summed E-state index contributed by atoms with van der Waals surface area (Å²) in [5, 5.41) is 0. The zero-order valence-corrected chi connectivity index (χ0v) is 17.1. The van der Waals surface area contributed by atoms with Gasteiger partial charge in [-0.3, -0.25) is 0 Å². The topological polar surface area (TPSA) is 17.3 Å². The molecule has 1 heterocycles. The summed E-state index contributed by atoms with van der Waals surface area (Å²) in [4.78, 5) is 5.14. The molecule has 0 saturated carbocycles. The molecule has 1 aromatic heterocycles. The first-order chi connectivity index (χ1) is 15.4. The average Bonchev–Trinajstić information content (AvgIpc) is 2.86. The van der Waals surface area contributed by atoms with E-state index in [2.05, 4.69) is 89.6 Å². The van der Waals surface area contributed by atoms with Gasteiger partial charge in [0.1, 0.15) is 5.49 Å². The zero-order chi connectivity index (χ0) is 20.9. The number of pyridine rings is 1. The van der Waals surface area contributed by atoms with Crippen molar-refractivity contribution in [3.63, 3.8) is 0 Å². The normalized spacial score (nSPS) is 11.4. The molecule has 0 aliphatic rings. The lowest BCUT2D eigenvalue weighted by atomic mass is 9.96. The monoisotopic (exact) mass is 398 g/mol. The van der Waals surface area contributed by atoms with Gasteiger partial charge >= 0.3 is 0 Å². The van der Waals surface area contributed by atoms with Gasteiger partial charge in [0.05, 0.1) is 5.69 Å². The Morgan fingerprint density at radius 3 is 1.61 bits per heavy atom. The highest BCUT2D eigenvalue weighted by molar-refractivity contribution is 5.83. The molecule has 0 amide bonds. The van der Waals surface area contributed by atoms with Gasteiger partial charge in [-0.1, -0.05) is 97.1 Å². The number of hydrogen-bond acceptors (Lipinski definition) is 1. The molecule has 31 heavy (non-hydrogen) atoms. The molecule has 148 valence electrons. The van der Waals surface area contributed by atoms with Gasteiger partial charge in [0.15, 0.2) is 0 Å². The number of rotatable bonds is 4. The maximum atomic E-state index is 5.14. The van der Waals surface area contributed by atoms with Gasteiger partial charge in [-0.2, -0.15) is 0 Å². The van der Waals surface area contributed by atoms with Crippen LogP contribution < -0.4 is 5.49 Å². The predicted molar refractivity (Wildman–Crippen MR) is 128 cm³/mol. The lowest BCUT2D eigenvalue weighted by Crippen LogP contribution is -2.22. The van der Waals surface area contributed by atoms with Crippen LogP contribution in [-0.2, 0) is 0 Å². The number of para-hydroxylation sites is 2. The second-order valence-corrected chi connectivity index (χ2v) is 7.31. The summed E-state index contributed by atoms with van der Waals surface area (Å²) in [6, 6.07) is 43.7. The molecule has 0 atom stereocenters. The molecule has 0 N–H and O–H groups in total. The number of hydrogen-bond donors (Lipinski definition) is 0. The minimum Gasteiger partial charge on any atom is -0.301 e. The van der Waals surface area contributed by atoms with Crippen LogP contribution in [0.4, 0.5) is 5.69 Å². The third kappa shape index (κ3) is 3.96. The highest BCUT2D eigenvalue weighted by atomic mass is 15.0. The molecule has 2 heteroatoms. The Morgan fingerprint density at radius 2 is 1.00 bits per heavy atom. The van der Waals surface area contributed by atoms with Crippen molar-refractivity contribution < 1.29 is 0 Å². The van der Waals surface area contributed by atoms with E-state index >= 15 is 0 Å². The van der Waals surface area contributed by atoms with Gasteiger partial charge < -0.3 is 4.57 Å². The van der Waals surface area contributed by atoms with Crippen molar-refractivity contribution in [2.24, 2.45) is 4.99 Å². The van der Waals surface area contributed by atoms with Crippen molar-refractivity contribution in [2.45, 2.75) is 0 Å². The van der Waals surface area contributed by atoms with Crippen molar-refractivity contribution in [3.8, 4) is 27.9 Å². The molecular formula is C29H22N2.